The second-order valence-corrected chi connectivity index (χ2v) is 8.05. The Morgan fingerprint density at radius 2 is 1.52 bits per heavy atom. The maximum atomic E-state index is 12.8. The lowest BCUT2D eigenvalue weighted by molar-refractivity contribution is -0.135. The van der Waals surface area contributed by atoms with Gasteiger partial charge in [0.1, 0.15) is 5.82 Å². The number of carbonyl (C=O) groups is 1. The minimum atomic E-state index is 0.158. The Morgan fingerprint density at radius 1 is 0.828 bits per heavy atom. The third-order valence-electron chi connectivity index (χ3n) is 6.18. The van der Waals surface area contributed by atoms with E-state index in [2.05, 4.69) is 34.1 Å². The molecular formula is C24H26N4O. The monoisotopic (exact) mass is 386 g/mol. The molecule has 148 valence electrons. The molecule has 2 aromatic carbocycles. The zero-order valence-electron chi connectivity index (χ0n) is 16.6. The zero-order valence-corrected chi connectivity index (χ0v) is 16.6. The fourth-order valence-electron chi connectivity index (χ4n) is 4.55. The molecule has 5 heteroatoms. The van der Waals surface area contributed by atoms with Gasteiger partial charge in [0, 0.05) is 43.0 Å². The smallest absolute Gasteiger partial charge is 0.225 e. The third kappa shape index (κ3) is 3.57. The van der Waals surface area contributed by atoms with Crippen LogP contribution in [0.2, 0.25) is 0 Å². The second kappa shape index (κ2) is 7.82. The highest BCUT2D eigenvalue weighted by molar-refractivity contribution is 5.91. The molecule has 0 bridgehead atoms. The quantitative estimate of drug-likeness (QED) is 0.679. The average Bonchev–Trinajstić information content (AvgIpc) is 3.34. The predicted octanol–water partition coefficient (Wildman–Crippen LogP) is 4.14. The summed E-state index contributed by atoms with van der Waals surface area (Å²) in [4.78, 5) is 26.9. The van der Waals surface area contributed by atoms with Crippen molar-refractivity contribution in [2.24, 2.45) is 5.92 Å². The van der Waals surface area contributed by atoms with E-state index < -0.39 is 0 Å². The van der Waals surface area contributed by atoms with Gasteiger partial charge in [-0.2, -0.15) is 0 Å². The Labute approximate surface area is 171 Å². The lowest BCUT2D eigenvalue weighted by Gasteiger charge is -2.34. The molecule has 2 saturated heterocycles. The van der Waals surface area contributed by atoms with Crippen LogP contribution in [0, 0.1) is 5.92 Å². The van der Waals surface area contributed by atoms with E-state index in [4.69, 9.17) is 9.97 Å². The molecule has 0 unspecified atom stereocenters. The van der Waals surface area contributed by atoms with E-state index in [1.54, 1.807) is 0 Å². The molecule has 0 spiro atoms. The number of aromatic nitrogens is 2. The summed E-state index contributed by atoms with van der Waals surface area (Å²) in [5.74, 6) is 2.27. The third-order valence-corrected chi connectivity index (χ3v) is 6.18. The van der Waals surface area contributed by atoms with Gasteiger partial charge >= 0.3 is 0 Å². The van der Waals surface area contributed by atoms with Crippen LogP contribution in [0.4, 0.5) is 5.82 Å². The first-order chi connectivity index (χ1) is 14.3. The molecule has 2 fully saturated rings. The van der Waals surface area contributed by atoms with E-state index in [0.29, 0.717) is 5.91 Å². The predicted molar refractivity (Wildman–Crippen MR) is 116 cm³/mol. The first kappa shape index (κ1) is 18.1. The molecule has 5 nitrogen and oxygen atoms in total. The van der Waals surface area contributed by atoms with Crippen molar-refractivity contribution in [3.8, 4) is 11.4 Å². The highest BCUT2D eigenvalue weighted by Gasteiger charge is 2.30. The summed E-state index contributed by atoms with van der Waals surface area (Å²) in [6, 6.07) is 18.4. The van der Waals surface area contributed by atoms with Gasteiger partial charge in [0.25, 0.3) is 0 Å². The molecule has 5 rings (SSSR count). The number of rotatable bonds is 3. The SMILES string of the molecule is O=C(C1CCN(c2nc(-c3ccccc3)nc3ccccc23)CC1)N1CCCC1. The second-order valence-electron chi connectivity index (χ2n) is 8.05. The number of para-hydroxylation sites is 1. The Kier molecular flexibility index (Phi) is 4.88. The number of carbonyl (C=O) groups excluding carboxylic acids is 1. The van der Waals surface area contributed by atoms with Gasteiger partial charge in [-0.1, -0.05) is 42.5 Å². The maximum absolute atomic E-state index is 12.8. The summed E-state index contributed by atoms with van der Waals surface area (Å²) in [5, 5.41) is 1.08. The van der Waals surface area contributed by atoms with Crippen LogP contribution >= 0.6 is 0 Å². The van der Waals surface area contributed by atoms with Gasteiger partial charge in [0.2, 0.25) is 5.91 Å². The van der Waals surface area contributed by atoms with Crippen LogP contribution in [0.15, 0.2) is 54.6 Å². The fraction of sp³-hybridized carbons (Fsp3) is 0.375. The fourth-order valence-corrected chi connectivity index (χ4v) is 4.55. The van der Waals surface area contributed by atoms with E-state index in [9.17, 15) is 4.79 Å². The van der Waals surface area contributed by atoms with E-state index in [1.807, 2.05) is 30.3 Å². The van der Waals surface area contributed by atoms with E-state index in [1.165, 1.54) is 0 Å². The summed E-state index contributed by atoms with van der Waals surface area (Å²) in [6.45, 7) is 3.60. The maximum Gasteiger partial charge on any atom is 0.225 e. The summed E-state index contributed by atoms with van der Waals surface area (Å²) in [7, 11) is 0. The molecule has 0 radical (unpaired) electrons. The molecule has 0 N–H and O–H groups in total. The number of fused-ring (bicyclic) bond motifs is 1. The molecule has 3 aromatic rings. The molecule has 3 heterocycles. The number of likely N-dealkylation sites (tertiary alicyclic amines) is 1. The highest BCUT2D eigenvalue weighted by Crippen LogP contribution is 2.31. The molecule has 1 amide bonds. The minimum absolute atomic E-state index is 0.158. The van der Waals surface area contributed by atoms with Crippen molar-refractivity contribution in [3.63, 3.8) is 0 Å². The summed E-state index contributed by atoms with van der Waals surface area (Å²) >= 11 is 0. The molecule has 2 aliphatic heterocycles. The Hall–Kier alpha value is -2.95. The standard InChI is InChI=1S/C24H26N4O/c29-24(28-14-6-7-15-28)19-12-16-27(17-13-19)23-20-10-4-5-11-21(20)25-22(26-23)18-8-2-1-3-9-18/h1-5,8-11,19H,6-7,12-17H2. The minimum Gasteiger partial charge on any atom is -0.356 e. The van der Waals surface area contributed by atoms with Crippen molar-refractivity contribution in [1.29, 1.82) is 0 Å². The van der Waals surface area contributed by atoms with Crippen LogP contribution < -0.4 is 4.90 Å². The molecule has 1 aromatic heterocycles. The first-order valence-electron chi connectivity index (χ1n) is 10.7. The Balaban J connectivity index is 1.42. The van der Waals surface area contributed by atoms with Gasteiger partial charge in [-0.25, -0.2) is 9.97 Å². The number of hydrogen-bond acceptors (Lipinski definition) is 4. The number of benzene rings is 2. The number of hydrogen-bond donors (Lipinski definition) is 0. The lowest BCUT2D eigenvalue weighted by atomic mass is 9.95. The van der Waals surface area contributed by atoms with Crippen molar-refractivity contribution in [2.45, 2.75) is 25.7 Å². The van der Waals surface area contributed by atoms with Crippen molar-refractivity contribution in [3.05, 3.63) is 54.6 Å². The van der Waals surface area contributed by atoms with Gasteiger partial charge in [-0.15, -0.1) is 0 Å². The van der Waals surface area contributed by atoms with Gasteiger partial charge in [-0.3, -0.25) is 4.79 Å². The Bertz CT molecular complexity index is 1010. The molecule has 0 atom stereocenters. The van der Waals surface area contributed by atoms with Gasteiger partial charge in [-0.05, 0) is 37.8 Å². The van der Waals surface area contributed by atoms with Crippen molar-refractivity contribution in [1.82, 2.24) is 14.9 Å². The summed E-state index contributed by atoms with van der Waals surface area (Å²) in [6.07, 6.45) is 4.10. The first-order valence-corrected chi connectivity index (χ1v) is 10.7. The number of piperidine rings is 1. The summed E-state index contributed by atoms with van der Waals surface area (Å²) in [5.41, 5.74) is 1.99. The van der Waals surface area contributed by atoms with Crippen molar-refractivity contribution in [2.75, 3.05) is 31.1 Å². The molecular weight excluding hydrogens is 360 g/mol. The zero-order chi connectivity index (χ0) is 19.6. The molecule has 0 saturated carbocycles. The number of nitrogens with zero attached hydrogens (tertiary/aromatic N) is 4. The average molecular weight is 386 g/mol. The van der Waals surface area contributed by atoms with Gasteiger partial charge in [0.15, 0.2) is 5.82 Å². The van der Waals surface area contributed by atoms with E-state index in [-0.39, 0.29) is 5.92 Å². The highest BCUT2D eigenvalue weighted by atomic mass is 16.2. The van der Waals surface area contributed by atoms with Crippen molar-refractivity contribution < 1.29 is 4.79 Å². The molecule has 0 aliphatic carbocycles. The Morgan fingerprint density at radius 3 is 2.28 bits per heavy atom. The van der Waals surface area contributed by atoms with Gasteiger partial charge < -0.3 is 9.80 Å². The van der Waals surface area contributed by atoms with Gasteiger partial charge in [0.05, 0.1) is 5.52 Å². The normalized spacial score (nSPS) is 17.8. The topological polar surface area (TPSA) is 49.3 Å². The number of amides is 1. The largest absolute Gasteiger partial charge is 0.356 e. The van der Waals surface area contributed by atoms with Crippen LogP contribution in [0.1, 0.15) is 25.7 Å². The van der Waals surface area contributed by atoms with Crippen LogP contribution in [0.5, 0.6) is 0 Å². The molecule has 29 heavy (non-hydrogen) atoms. The van der Waals surface area contributed by atoms with E-state index >= 15 is 0 Å². The van der Waals surface area contributed by atoms with E-state index in [0.717, 1.165) is 80.0 Å². The van der Waals surface area contributed by atoms with Crippen LogP contribution in [0.3, 0.4) is 0 Å². The number of anilines is 1. The summed E-state index contributed by atoms with van der Waals surface area (Å²) < 4.78 is 0. The molecule has 2 aliphatic rings. The lowest BCUT2D eigenvalue weighted by Crippen LogP contribution is -2.42. The van der Waals surface area contributed by atoms with Crippen molar-refractivity contribution >= 4 is 22.6 Å². The van der Waals surface area contributed by atoms with Crippen LogP contribution in [-0.2, 0) is 4.79 Å². The van der Waals surface area contributed by atoms with Crippen LogP contribution in [0.25, 0.3) is 22.3 Å². The van der Waals surface area contributed by atoms with Crippen LogP contribution in [-0.4, -0.2) is 47.0 Å².